The van der Waals surface area contributed by atoms with Gasteiger partial charge in [0.1, 0.15) is 12.7 Å². The number of hydrogen-bond donors (Lipinski definition) is 0. The zero-order chi connectivity index (χ0) is 31.8. The lowest BCUT2D eigenvalue weighted by Crippen LogP contribution is -2.41. The van der Waals surface area contributed by atoms with Gasteiger partial charge in [-0.15, -0.1) is 5.10 Å². The zero-order valence-electron chi connectivity index (χ0n) is 23.8. The molecular weight excluding hydrogens is 584 g/mol. The normalized spacial score (nSPS) is 18.8. The average Bonchev–Trinajstić information content (AvgIpc) is 3.65. The number of benzene rings is 3. The molecule has 0 bridgehead atoms. The molecule has 0 spiro atoms. The molecule has 1 aliphatic rings. The second kappa shape index (κ2) is 14.1. The molecule has 0 amide bonds. The van der Waals surface area contributed by atoms with Crippen LogP contribution in [0.4, 0.5) is 0 Å². The molecule has 1 saturated heterocycles. The monoisotopic (exact) mass is 610 g/mol. The SMILES string of the molecule is COC(=O)c1nnn([C@@H]2O[C@H](COC(=O)c3ccccc3)[C@@H](OC(=O)c3ccccc3)[C@H]2OC(=O)c2ccccc2)c1CC#N. The summed E-state index contributed by atoms with van der Waals surface area (Å²) < 4.78 is 29.4. The molecule has 13 nitrogen and oxygen atoms in total. The van der Waals surface area contributed by atoms with Crippen molar-refractivity contribution in [3.8, 4) is 6.07 Å². The van der Waals surface area contributed by atoms with Crippen molar-refractivity contribution >= 4 is 23.9 Å². The quantitative estimate of drug-likeness (QED) is 0.190. The van der Waals surface area contributed by atoms with Crippen molar-refractivity contribution in [1.82, 2.24) is 15.0 Å². The third-order valence-corrected chi connectivity index (χ3v) is 6.84. The van der Waals surface area contributed by atoms with Gasteiger partial charge in [0.2, 0.25) is 0 Å². The number of aromatic nitrogens is 3. The second-order valence-electron chi connectivity index (χ2n) is 9.66. The fourth-order valence-electron chi connectivity index (χ4n) is 4.67. The number of nitriles is 1. The van der Waals surface area contributed by atoms with E-state index in [2.05, 4.69) is 10.3 Å². The van der Waals surface area contributed by atoms with E-state index in [1.807, 2.05) is 6.07 Å². The summed E-state index contributed by atoms with van der Waals surface area (Å²) in [6, 6.07) is 26.3. The smallest absolute Gasteiger partial charge is 0.360 e. The summed E-state index contributed by atoms with van der Waals surface area (Å²) in [5.74, 6) is -3.08. The Bertz CT molecular complexity index is 1700. The molecular formula is C32H26N4O9. The molecule has 4 aromatic rings. The Hall–Kier alpha value is -5.87. The third kappa shape index (κ3) is 6.87. The van der Waals surface area contributed by atoms with Gasteiger partial charge in [-0.3, -0.25) is 0 Å². The van der Waals surface area contributed by atoms with Crippen molar-refractivity contribution in [3.63, 3.8) is 0 Å². The first-order valence-corrected chi connectivity index (χ1v) is 13.7. The van der Waals surface area contributed by atoms with Crippen molar-refractivity contribution in [3.05, 3.63) is 119 Å². The molecule has 0 saturated carbocycles. The molecule has 4 atom stereocenters. The van der Waals surface area contributed by atoms with Gasteiger partial charge in [-0.05, 0) is 36.4 Å². The van der Waals surface area contributed by atoms with Crippen LogP contribution in [0.25, 0.3) is 0 Å². The minimum absolute atomic E-state index is 0.00479. The number of carbonyl (C=O) groups excluding carboxylic acids is 4. The topological polar surface area (TPSA) is 169 Å². The van der Waals surface area contributed by atoms with Crippen molar-refractivity contribution in [1.29, 1.82) is 5.26 Å². The van der Waals surface area contributed by atoms with Crippen LogP contribution in [-0.4, -0.2) is 70.9 Å². The summed E-state index contributed by atoms with van der Waals surface area (Å²) >= 11 is 0. The zero-order valence-corrected chi connectivity index (χ0v) is 23.8. The lowest BCUT2D eigenvalue weighted by Gasteiger charge is -2.24. The predicted octanol–water partition coefficient (Wildman–Crippen LogP) is 3.34. The molecule has 1 aliphatic heterocycles. The molecule has 1 fully saturated rings. The molecule has 0 N–H and O–H groups in total. The summed E-state index contributed by atoms with van der Waals surface area (Å²) in [5, 5.41) is 17.4. The maximum Gasteiger partial charge on any atom is 0.360 e. The molecule has 0 aliphatic carbocycles. The number of hydrogen-bond acceptors (Lipinski definition) is 12. The van der Waals surface area contributed by atoms with Gasteiger partial charge in [0.05, 0.1) is 42.0 Å². The van der Waals surface area contributed by atoms with Crippen molar-refractivity contribution in [2.75, 3.05) is 13.7 Å². The first-order valence-electron chi connectivity index (χ1n) is 13.7. The van der Waals surface area contributed by atoms with Crippen LogP contribution < -0.4 is 0 Å². The van der Waals surface area contributed by atoms with E-state index in [0.717, 1.165) is 11.8 Å². The Labute approximate surface area is 256 Å². The lowest BCUT2D eigenvalue weighted by molar-refractivity contribution is -0.0688. The lowest BCUT2D eigenvalue weighted by atomic mass is 10.1. The standard InChI is InChI=1S/C32H26N4O9/c1-41-32(40)25-23(17-18-33)36(35-34-25)28-27(45-31(39)22-15-9-4-10-16-22)26(44-30(38)21-13-7-3-8-14-21)24(43-28)19-42-29(37)20-11-5-2-6-12-20/h2-16,24,26-28H,17,19H2,1H3/t24-,26-,27-,28-/m1/s1. The van der Waals surface area contributed by atoms with Crippen LogP contribution in [0.1, 0.15) is 53.5 Å². The second-order valence-corrected chi connectivity index (χ2v) is 9.66. The van der Waals surface area contributed by atoms with E-state index in [4.69, 9.17) is 23.7 Å². The summed E-state index contributed by atoms with van der Waals surface area (Å²) in [4.78, 5) is 51.9. The Kier molecular flexibility index (Phi) is 9.56. The van der Waals surface area contributed by atoms with E-state index in [-0.39, 0.29) is 34.5 Å². The number of esters is 4. The largest absolute Gasteiger partial charge is 0.464 e. The molecule has 13 heteroatoms. The summed E-state index contributed by atoms with van der Waals surface area (Å²) in [6.07, 6.45) is -5.67. The molecule has 45 heavy (non-hydrogen) atoms. The van der Waals surface area contributed by atoms with Crippen LogP contribution in [0.5, 0.6) is 0 Å². The highest BCUT2D eigenvalue weighted by molar-refractivity contribution is 5.91. The van der Waals surface area contributed by atoms with Crippen molar-refractivity contribution in [2.24, 2.45) is 0 Å². The molecule has 1 aromatic heterocycles. The molecule has 0 radical (unpaired) electrons. The minimum Gasteiger partial charge on any atom is -0.464 e. The molecule has 228 valence electrons. The van der Waals surface area contributed by atoms with Crippen LogP contribution in [0, 0.1) is 11.3 Å². The molecule has 2 heterocycles. The maximum atomic E-state index is 13.3. The summed E-state index contributed by atoms with van der Waals surface area (Å²) in [6.45, 7) is -0.428. The average molecular weight is 611 g/mol. The first kappa shape index (κ1) is 30.6. The third-order valence-electron chi connectivity index (χ3n) is 6.84. The highest BCUT2D eigenvalue weighted by atomic mass is 16.7. The summed E-state index contributed by atoms with van der Waals surface area (Å²) in [7, 11) is 1.14. The molecule has 0 unspecified atom stereocenters. The van der Waals surface area contributed by atoms with Crippen molar-refractivity contribution < 1.29 is 42.9 Å². The number of methoxy groups -OCH3 is 1. The van der Waals surface area contributed by atoms with Gasteiger partial charge in [0.25, 0.3) is 0 Å². The summed E-state index contributed by atoms with van der Waals surface area (Å²) in [5.41, 5.74) is 0.410. The van der Waals surface area contributed by atoms with Crippen LogP contribution in [0.2, 0.25) is 0 Å². The van der Waals surface area contributed by atoms with Gasteiger partial charge in [-0.2, -0.15) is 5.26 Å². The van der Waals surface area contributed by atoms with E-state index < -0.39 is 55.0 Å². The number of carbonyl (C=O) groups is 4. The highest BCUT2D eigenvalue weighted by Gasteiger charge is 2.52. The number of ether oxygens (including phenoxy) is 5. The van der Waals surface area contributed by atoms with E-state index >= 15 is 0 Å². The minimum atomic E-state index is -1.41. The van der Waals surface area contributed by atoms with Crippen LogP contribution >= 0.6 is 0 Å². The van der Waals surface area contributed by atoms with Gasteiger partial charge in [-0.25, -0.2) is 23.9 Å². The van der Waals surface area contributed by atoms with Crippen LogP contribution in [-0.2, 0) is 30.1 Å². The number of nitrogens with zero attached hydrogens (tertiary/aromatic N) is 4. The van der Waals surface area contributed by atoms with Crippen LogP contribution in [0.15, 0.2) is 91.0 Å². The van der Waals surface area contributed by atoms with Gasteiger partial charge in [0, 0.05) is 0 Å². The molecule has 5 rings (SSSR count). The first-order chi connectivity index (χ1) is 21.9. The van der Waals surface area contributed by atoms with Gasteiger partial charge < -0.3 is 23.7 Å². The Morgan fingerprint density at radius 1 is 0.778 bits per heavy atom. The Balaban J connectivity index is 1.54. The Morgan fingerprint density at radius 2 is 1.29 bits per heavy atom. The van der Waals surface area contributed by atoms with Gasteiger partial charge >= 0.3 is 23.9 Å². The molecule has 3 aromatic carbocycles. The fraction of sp³-hybridized carbons (Fsp3) is 0.219. The van der Waals surface area contributed by atoms with E-state index in [1.165, 1.54) is 24.3 Å². The fourth-order valence-corrected chi connectivity index (χ4v) is 4.67. The van der Waals surface area contributed by atoms with Gasteiger partial charge in [0.15, 0.2) is 24.1 Å². The predicted molar refractivity (Wildman–Crippen MR) is 153 cm³/mol. The maximum absolute atomic E-state index is 13.3. The van der Waals surface area contributed by atoms with Crippen molar-refractivity contribution in [2.45, 2.75) is 31.0 Å². The van der Waals surface area contributed by atoms with Crippen LogP contribution in [0.3, 0.4) is 0 Å². The number of rotatable bonds is 10. The van der Waals surface area contributed by atoms with E-state index in [1.54, 1.807) is 66.7 Å². The van der Waals surface area contributed by atoms with E-state index in [9.17, 15) is 24.4 Å². The van der Waals surface area contributed by atoms with Gasteiger partial charge in [-0.1, -0.05) is 59.8 Å². The van der Waals surface area contributed by atoms with E-state index in [0.29, 0.717) is 0 Å². The highest BCUT2D eigenvalue weighted by Crippen LogP contribution is 2.36. The Morgan fingerprint density at radius 3 is 1.80 bits per heavy atom.